The van der Waals surface area contributed by atoms with Crippen LogP contribution in [0.1, 0.15) is 271 Å². The van der Waals surface area contributed by atoms with E-state index in [1.807, 2.05) is 21.1 Å². The highest BCUT2D eigenvalue weighted by Gasteiger charge is 2.22. The Morgan fingerprint density at radius 2 is 0.771 bits per heavy atom. The zero-order valence-corrected chi connectivity index (χ0v) is 47.4. The summed E-state index contributed by atoms with van der Waals surface area (Å²) in [5.41, 5.74) is 0. The SMILES string of the molecule is CCCCCCC/C=C\C/C=C\C/C=C\CCCCCCCCC(=O)OC(COC(=O)CCCCCCCCCCCCCCC/C=C\CCCCCCCCCC)COP(=O)([O-])OCC[N+](C)(C)C. The van der Waals surface area contributed by atoms with Crippen LogP contribution in [0.5, 0.6) is 0 Å². The Labute approximate surface area is 433 Å². The van der Waals surface area contributed by atoms with E-state index in [1.165, 1.54) is 167 Å². The lowest BCUT2D eigenvalue weighted by molar-refractivity contribution is -0.870. The molecule has 0 rings (SSSR count). The fourth-order valence-electron chi connectivity index (χ4n) is 8.25. The first kappa shape index (κ1) is 68.0. The number of ether oxygens (including phenoxy) is 2. The largest absolute Gasteiger partial charge is 0.756 e. The molecule has 0 aromatic heterocycles. The van der Waals surface area contributed by atoms with Crippen molar-refractivity contribution in [2.75, 3.05) is 47.5 Å². The summed E-state index contributed by atoms with van der Waals surface area (Å²) >= 11 is 0. The molecule has 0 N–H and O–H groups in total. The van der Waals surface area contributed by atoms with Gasteiger partial charge in [-0.15, -0.1) is 0 Å². The standard InChI is InChI=1S/C60H112NO8P/c1-6-8-10-12-14-16-18-20-22-24-26-28-29-30-31-33-34-36-38-40-42-44-46-48-50-52-59(62)66-56-58(57-68-70(64,65)67-55-54-61(3,4)5)69-60(63)53-51-49-47-45-43-41-39-37-35-32-27-25-23-21-19-17-15-13-11-9-7-2/h19,21,24-27,35,37,58H,6-18,20,22-23,28-34,36,38-57H2,1-5H3/b21-19-,26-24-,27-25-,37-35-. The molecule has 0 spiro atoms. The van der Waals surface area contributed by atoms with Crippen molar-refractivity contribution in [2.45, 2.75) is 277 Å². The Balaban J connectivity index is 4.17. The zero-order chi connectivity index (χ0) is 51.3. The topological polar surface area (TPSA) is 111 Å². The summed E-state index contributed by atoms with van der Waals surface area (Å²) in [6.07, 6.45) is 64.4. The number of quaternary nitrogens is 1. The molecule has 0 aliphatic rings. The third-order valence-electron chi connectivity index (χ3n) is 12.8. The summed E-state index contributed by atoms with van der Waals surface area (Å²) in [6.45, 7) is 4.24. The number of phosphoric ester groups is 1. The highest BCUT2D eigenvalue weighted by molar-refractivity contribution is 7.45. The van der Waals surface area contributed by atoms with Crippen LogP contribution in [0.25, 0.3) is 0 Å². The van der Waals surface area contributed by atoms with E-state index in [4.69, 9.17) is 18.5 Å². The van der Waals surface area contributed by atoms with Crippen LogP contribution in [-0.2, 0) is 32.7 Å². The fourth-order valence-corrected chi connectivity index (χ4v) is 8.98. The van der Waals surface area contributed by atoms with Crippen molar-refractivity contribution in [2.24, 2.45) is 0 Å². The van der Waals surface area contributed by atoms with Gasteiger partial charge in [0.25, 0.3) is 7.82 Å². The van der Waals surface area contributed by atoms with Gasteiger partial charge in [-0.25, -0.2) is 0 Å². The number of carbonyl (C=O) groups is 2. The molecular formula is C60H112NO8P. The monoisotopic (exact) mass is 1010 g/mol. The Hall–Kier alpha value is -2.03. The van der Waals surface area contributed by atoms with E-state index >= 15 is 0 Å². The van der Waals surface area contributed by atoms with Crippen LogP contribution < -0.4 is 4.89 Å². The molecule has 0 saturated heterocycles. The number of carbonyl (C=O) groups excluding carboxylic acids is 2. The van der Waals surface area contributed by atoms with E-state index in [9.17, 15) is 19.0 Å². The van der Waals surface area contributed by atoms with Gasteiger partial charge in [-0.2, -0.15) is 0 Å². The maximum Gasteiger partial charge on any atom is 0.306 e. The van der Waals surface area contributed by atoms with E-state index in [1.54, 1.807) is 0 Å². The molecule has 10 heteroatoms. The number of rotatable bonds is 54. The lowest BCUT2D eigenvalue weighted by atomic mass is 10.0. The number of esters is 2. The lowest BCUT2D eigenvalue weighted by Gasteiger charge is -2.28. The lowest BCUT2D eigenvalue weighted by Crippen LogP contribution is -2.37. The highest BCUT2D eigenvalue weighted by atomic mass is 31.2. The molecule has 0 fully saturated rings. The molecule has 0 aromatic carbocycles. The Morgan fingerprint density at radius 3 is 1.16 bits per heavy atom. The molecule has 410 valence electrons. The molecule has 70 heavy (non-hydrogen) atoms. The number of unbranched alkanes of at least 4 members (excludes halogenated alkanes) is 32. The first-order valence-electron chi connectivity index (χ1n) is 29.3. The van der Waals surface area contributed by atoms with Gasteiger partial charge in [-0.3, -0.25) is 14.2 Å². The van der Waals surface area contributed by atoms with Gasteiger partial charge in [-0.05, 0) is 77.0 Å². The molecule has 0 aliphatic heterocycles. The molecule has 0 aromatic rings. The van der Waals surface area contributed by atoms with Gasteiger partial charge >= 0.3 is 11.9 Å². The minimum absolute atomic E-state index is 0.0340. The van der Waals surface area contributed by atoms with Gasteiger partial charge in [0.2, 0.25) is 0 Å². The summed E-state index contributed by atoms with van der Waals surface area (Å²) in [7, 11) is 1.16. The molecular weight excluding hydrogens is 894 g/mol. The molecule has 0 radical (unpaired) electrons. The normalized spacial score (nSPS) is 13.6. The van der Waals surface area contributed by atoms with E-state index in [0.29, 0.717) is 17.4 Å². The zero-order valence-electron chi connectivity index (χ0n) is 46.5. The van der Waals surface area contributed by atoms with Crippen molar-refractivity contribution in [3.8, 4) is 0 Å². The molecule has 0 bridgehead atoms. The summed E-state index contributed by atoms with van der Waals surface area (Å²) in [6, 6.07) is 0. The van der Waals surface area contributed by atoms with Crippen LogP contribution in [-0.4, -0.2) is 70.0 Å². The quantitative estimate of drug-likeness (QED) is 0.0195. The van der Waals surface area contributed by atoms with Crippen LogP contribution in [0.3, 0.4) is 0 Å². The van der Waals surface area contributed by atoms with Crippen molar-refractivity contribution in [3.63, 3.8) is 0 Å². The van der Waals surface area contributed by atoms with E-state index < -0.39 is 26.5 Å². The second-order valence-electron chi connectivity index (χ2n) is 21.0. The maximum absolute atomic E-state index is 12.8. The van der Waals surface area contributed by atoms with Gasteiger partial charge in [0.05, 0.1) is 27.7 Å². The van der Waals surface area contributed by atoms with Crippen LogP contribution in [0.2, 0.25) is 0 Å². The summed E-state index contributed by atoms with van der Waals surface area (Å²) in [4.78, 5) is 37.9. The molecule has 9 nitrogen and oxygen atoms in total. The Morgan fingerprint density at radius 1 is 0.443 bits per heavy atom. The third kappa shape index (κ3) is 55.3. The molecule has 0 heterocycles. The Bertz CT molecular complexity index is 1320. The molecule has 0 saturated carbocycles. The molecule has 2 atom stereocenters. The van der Waals surface area contributed by atoms with Crippen molar-refractivity contribution in [1.82, 2.24) is 0 Å². The molecule has 0 amide bonds. The number of allylic oxidation sites excluding steroid dienone is 8. The van der Waals surface area contributed by atoms with Crippen LogP contribution in [0, 0.1) is 0 Å². The van der Waals surface area contributed by atoms with Gasteiger partial charge in [-0.1, -0.05) is 229 Å². The summed E-state index contributed by atoms with van der Waals surface area (Å²) in [5.74, 6) is -0.840. The average Bonchev–Trinajstić information content (AvgIpc) is 3.32. The number of phosphoric acid groups is 1. The van der Waals surface area contributed by atoms with Crippen LogP contribution >= 0.6 is 7.82 Å². The Kier molecular flexibility index (Phi) is 50.4. The predicted octanol–water partition coefficient (Wildman–Crippen LogP) is 17.5. The first-order chi connectivity index (χ1) is 34.0. The fraction of sp³-hybridized carbons (Fsp3) is 0.833. The van der Waals surface area contributed by atoms with E-state index in [2.05, 4.69) is 62.5 Å². The van der Waals surface area contributed by atoms with Gasteiger partial charge in [0.1, 0.15) is 19.8 Å². The second-order valence-corrected chi connectivity index (χ2v) is 22.4. The smallest absolute Gasteiger partial charge is 0.306 e. The minimum atomic E-state index is -4.64. The van der Waals surface area contributed by atoms with E-state index in [-0.39, 0.29) is 32.0 Å². The van der Waals surface area contributed by atoms with E-state index in [0.717, 1.165) is 70.6 Å². The van der Waals surface area contributed by atoms with Crippen LogP contribution in [0.15, 0.2) is 48.6 Å². The number of hydrogen-bond acceptors (Lipinski definition) is 8. The summed E-state index contributed by atoms with van der Waals surface area (Å²) < 4.78 is 34.2. The third-order valence-corrected chi connectivity index (χ3v) is 13.8. The van der Waals surface area contributed by atoms with Gasteiger partial charge < -0.3 is 27.9 Å². The highest BCUT2D eigenvalue weighted by Crippen LogP contribution is 2.38. The number of likely N-dealkylation sites (N-methyl/N-ethyl adjacent to an activating group) is 1. The van der Waals surface area contributed by atoms with Crippen molar-refractivity contribution >= 4 is 19.8 Å². The maximum atomic E-state index is 12.8. The minimum Gasteiger partial charge on any atom is -0.756 e. The number of nitrogens with zero attached hydrogens (tertiary/aromatic N) is 1. The van der Waals surface area contributed by atoms with Crippen LogP contribution in [0.4, 0.5) is 0 Å². The predicted molar refractivity (Wildman–Crippen MR) is 296 cm³/mol. The van der Waals surface area contributed by atoms with Gasteiger partial charge in [0, 0.05) is 12.8 Å². The summed E-state index contributed by atoms with van der Waals surface area (Å²) in [5, 5.41) is 0. The van der Waals surface area contributed by atoms with Crippen molar-refractivity contribution in [3.05, 3.63) is 48.6 Å². The van der Waals surface area contributed by atoms with Crippen molar-refractivity contribution in [1.29, 1.82) is 0 Å². The van der Waals surface area contributed by atoms with Crippen molar-refractivity contribution < 1.29 is 42.1 Å². The van der Waals surface area contributed by atoms with Gasteiger partial charge in [0.15, 0.2) is 6.10 Å². The number of hydrogen-bond donors (Lipinski definition) is 0. The first-order valence-corrected chi connectivity index (χ1v) is 30.8. The molecule has 2 unspecified atom stereocenters. The second kappa shape index (κ2) is 51.9. The molecule has 0 aliphatic carbocycles. The average molecular weight is 1010 g/mol.